The third-order valence-electron chi connectivity index (χ3n) is 3.53. The van der Waals surface area contributed by atoms with E-state index in [1.165, 1.54) is 24.7 Å². The van der Waals surface area contributed by atoms with Gasteiger partial charge in [0.2, 0.25) is 0 Å². The monoisotopic (exact) mass is 379 g/mol. The molecule has 2 N–H and O–H groups in total. The van der Waals surface area contributed by atoms with E-state index in [1.54, 1.807) is 18.2 Å². The molecule has 0 aliphatic heterocycles. The molecule has 0 radical (unpaired) electrons. The Balaban J connectivity index is 1.88. The van der Waals surface area contributed by atoms with Gasteiger partial charge in [-0.3, -0.25) is 4.72 Å². The van der Waals surface area contributed by atoms with Crippen LogP contribution in [0.5, 0.6) is 0 Å². The summed E-state index contributed by atoms with van der Waals surface area (Å²) < 4.78 is 59.0. The fourth-order valence-electron chi connectivity index (χ4n) is 2.31. The molecular formula is C17H11F2NO5S. The zero-order valence-electron chi connectivity index (χ0n) is 12.9. The zero-order valence-corrected chi connectivity index (χ0v) is 13.8. The molecule has 0 spiro atoms. The molecule has 0 aliphatic rings. The van der Waals surface area contributed by atoms with Gasteiger partial charge in [0.15, 0.2) is 0 Å². The van der Waals surface area contributed by atoms with Crippen molar-refractivity contribution in [1.82, 2.24) is 0 Å². The van der Waals surface area contributed by atoms with Crippen LogP contribution in [0.2, 0.25) is 0 Å². The maximum absolute atomic E-state index is 13.7. The van der Waals surface area contributed by atoms with Crippen LogP contribution < -0.4 is 4.72 Å². The Morgan fingerprint density at radius 1 is 1.00 bits per heavy atom. The Hall–Kier alpha value is -3.20. The Labute approximate surface area is 146 Å². The van der Waals surface area contributed by atoms with Gasteiger partial charge in [0.1, 0.15) is 17.2 Å². The van der Waals surface area contributed by atoms with Gasteiger partial charge in [0.05, 0.1) is 23.1 Å². The summed E-state index contributed by atoms with van der Waals surface area (Å²) in [6.45, 7) is 0. The fourth-order valence-corrected chi connectivity index (χ4v) is 3.35. The Bertz CT molecular complexity index is 1040. The number of hydrogen-bond donors (Lipinski definition) is 2. The number of anilines is 1. The molecule has 134 valence electrons. The molecule has 1 aromatic heterocycles. The van der Waals surface area contributed by atoms with Gasteiger partial charge in [-0.2, -0.15) is 0 Å². The number of carbonyl (C=O) groups is 1. The minimum atomic E-state index is -4.12. The van der Waals surface area contributed by atoms with Crippen LogP contribution in [0.3, 0.4) is 0 Å². The minimum Gasteiger partial charge on any atom is -0.477 e. The van der Waals surface area contributed by atoms with Gasteiger partial charge in [-0.25, -0.2) is 22.0 Å². The first-order chi connectivity index (χ1) is 12.3. The number of hydrogen-bond acceptors (Lipinski definition) is 4. The highest BCUT2D eigenvalue weighted by molar-refractivity contribution is 7.92. The summed E-state index contributed by atoms with van der Waals surface area (Å²) >= 11 is 0. The third kappa shape index (κ3) is 3.42. The lowest BCUT2D eigenvalue weighted by Crippen LogP contribution is -2.14. The van der Waals surface area contributed by atoms with Crippen LogP contribution in [0, 0.1) is 11.6 Å². The molecule has 1 heterocycles. The van der Waals surface area contributed by atoms with Crippen molar-refractivity contribution in [2.45, 2.75) is 4.90 Å². The summed E-state index contributed by atoms with van der Waals surface area (Å²) in [7, 11) is -4.12. The summed E-state index contributed by atoms with van der Waals surface area (Å²) in [6, 6.07) is 8.65. The van der Waals surface area contributed by atoms with Gasteiger partial charge in [-0.15, -0.1) is 0 Å². The molecule has 0 saturated heterocycles. The molecule has 2 aromatic carbocycles. The normalized spacial score (nSPS) is 11.3. The number of furan rings is 1. The predicted molar refractivity (Wildman–Crippen MR) is 88.3 cm³/mol. The van der Waals surface area contributed by atoms with Gasteiger partial charge in [0, 0.05) is 5.56 Å². The van der Waals surface area contributed by atoms with E-state index in [1.807, 2.05) is 4.72 Å². The second-order valence-electron chi connectivity index (χ2n) is 5.26. The second-order valence-corrected chi connectivity index (χ2v) is 6.94. The average Bonchev–Trinajstić information content (AvgIpc) is 3.08. The minimum absolute atomic E-state index is 0.132. The molecule has 9 heteroatoms. The third-order valence-corrected chi connectivity index (χ3v) is 4.92. The smallest absolute Gasteiger partial charge is 0.341 e. The van der Waals surface area contributed by atoms with E-state index in [4.69, 9.17) is 9.52 Å². The van der Waals surface area contributed by atoms with Crippen molar-refractivity contribution in [3.05, 3.63) is 72.2 Å². The van der Waals surface area contributed by atoms with Crippen LogP contribution in [0.4, 0.5) is 14.5 Å². The number of carboxylic acids is 1. The van der Waals surface area contributed by atoms with Crippen LogP contribution >= 0.6 is 0 Å². The fraction of sp³-hybridized carbons (Fsp3) is 0. The largest absolute Gasteiger partial charge is 0.477 e. The molecule has 3 rings (SSSR count). The molecular weight excluding hydrogens is 368 g/mol. The van der Waals surface area contributed by atoms with Crippen LogP contribution in [0.15, 0.2) is 64.3 Å². The molecule has 0 amide bonds. The van der Waals surface area contributed by atoms with Crippen molar-refractivity contribution < 1.29 is 31.5 Å². The van der Waals surface area contributed by atoms with E-state index < -0.39 is 38.9 Å². The number of nitrogens with one attached hydrogen (secondary N) is 1. The second kappa shape index (κ2) is 6.60. The number of halogens is 2. The molecule has 0 fully saturated rings. The van der Waals surface area contributed by atoms with Gasteiger partial charge >= 0.3 is 5.97 Å². The zero-order chi connectivity index (χ0) is 18.9. The molecule has 6 nitrogen and oxygen atoms in total. The van der Waals surface area contributed by atoms with E-state index in [-0.39, 0.29) is 4.90 Å². The summed E-state index contributed by atoms with van der Waals surface area (Å²) in [4.78, 5) is 10.6. The van der Waals surface area contributed by atoms with E-state index in [0.717, 1.165) is 11.1 Å². The Kier molecular flexibility index (Phi) is 4.47. The molecule has 0 aliphatic carbocycles. The van der Waals surface area contributed by atoms with E-state index in [0.29, 0.717) is 12.1 Å². The van der Waals surface area contributed by atoms with Gasteiger partial charge in [-0.05, 0) is 35.9 Å². The number of sulfonamides is 1. The Morgan fingerprint density at radius 2 is 1.62 bits per heavy atom. The summed E-state index contributed by atoms with van der Waals surface area (Å²) in [5.41, 5.74) is -0.0998. The summed E-state index contributed by atoms with van der Waals surface area (Å²) in [6.07, 6.45) is 2.97. The summed E-state index contributed by atoms with van der Waals surface area (Å²) in [5, 5.41) is 8.73. The first kappa shape index (κ1) is 17.6. The van der Waals surface area contributed by atoms with Crippen molar-refractivity contribution >= 4 is 21.7 Å². The van der Waals surface area contributed by atoms with Crippen molar-refractivity contribution in [2.24, 2.45) is 0 Å². The number of rotatable bonds is 5. The molecule has 0 saturated carbocycles. The van der Waals surface area contributed by atoms with Gasteiger partial charge < -0.3 is 9.52 Å². The molecule has 26 heavy (non-hydrogen) atoms. The first-order valence-electron chi connectivity index (χ1n) is 7.16. The maximum Gasteiger partial charge on any atom is 0.341 e. The molecule has 0 bridgehead atoms. The highest BCUT2D eigenvalue weighted by atomic mass is 32.2. The lowest BCUT2D eigenvalue weighted by molar-refractivity contribution is 0.0686. The van der Waals surface area contributed by atoms with Crippen molar-refractivity contribution in [1.29, 1.82) is 0 Å². The van der Waals surface area contributed by atoms with Crippen molar-refractivity contribution in [3.8, 4) is 11.1 Å². The van der Waals surface area contributed by atoms with Crippen LogP contribution in [0.25, 0.3) is 11.1 Å². The van der Waals surface area contributed by atoms with Gasteiger partial charge in [-0.1, -0.05) is 12.1 Å². The average molecular weight is 379 g/mol. The van der Waals surface area contributed by atoms with Crippen molar-refractivity contribution in [2.75, 3.05) is 4.72 Å². The lowest BCUT2D eigenvalue weighted by Gasteiger charge is -2.10. The topological polar surface area (TPSA) is 96.6 Å². The van der Waals surface area contributed by atoms with E-state index in [2.05, 4.69) is 0 Å². The van der Waals surface area contributed by atoms with Crippen molar-refractivity contribution in [3.63, 3.8) is 0 Å². The predicted octanol–water partition coefficient (Wildman–Crippen LogP) is 3.72. The van der Waals surface area contributed by atoms with Crippen LogP contribution in [-0.2, 0) is 10.0 Å². The lowest BCUT2D eigenvalue weighted by atomic mass is 10.1. The highest BCUT2D eigenvalue weighted by Crippen LogP contribution is 2.24. The SMILES string of the molecule is O=C(O)c1c(F)cc(NS(=O)(=O)c2ccc(-c3ccoc3)cc2)cc1F. The summed E-state index contributed by atoms with van der Waals surface area (Å²) in [5.74, 6) is -4.56. The molecule has 0 unspecified atom stereocenters. The number of benzene rings is 2. The van der Waals surface area contributed by atoms with Crippen LogP contribution in [0.1, 0.15) is 10.4 Å². The molecule has 3 aromatic rings. The quantitative estimate of drug-likeness (QED) is 0.704. The standard InChI is InChI=1S/C17H11F2NO5S/c18-14-7-12(8-15(19)16(14)17(21)22)20-26(23,24)13-3-1-10(2-4-13)11-5-6-25-9-11/h1-9,20H,(H,21,22). The molecule has 0 atom stereocenters. The van der Waals surface area contributed by atoms with Crippen LogP contribution in [-0.4, -0.2) is 19.5 Å². The number of aromatic carboxylic acids is 1. The van der Waals surface area contributed by atoms with E-state index in [9.17, 15) is 22.0 Å². The first-order valence-corrected chi connectivity index (χ1v) is 8.64. The van der Waals surface area contributed by atoms with E-state index >= 15 is 0 Å². The number of carboxylic acid groups (broad SMARTS) is 1. The highest BCUT2D eigenvalue weighted by Gasteiger charge is 2.20. The Morgan fingerprint density at radius 3 is 2.12 bits per heavy atom. The van der Waals surface area contributed by atoms with Gasteiger partial charge in [0.25, 0.3) is 10.0 Å². The maximum atomic E-state index is 13.7.